The quantitative estimate of drug-likeness (QED) is 0.531. The lowest BCUT2D eigenvalue weighted by Gasteiger charge is -2.36. The second kappa shape index (κ2) is 10.7. The van der Waals surface area contributed by atoms with Gasteiger partial charge in [0.2, 0.25) is 5.91 Å². The zero-order valence-corrected chi connectivity index (χ0v) is 21.0. The molecule has 2 aromatic carbocycles. The number of ether oxygens (including phenoxy) is 1. The van der Waals surface area contributed by atoms with Crippen molar-refractivity contribution >= 4 is 29.7 Å². The van der Waals surface area contributed by atoms with Crippen molar-refractivity contribution in [1.29, 1.82) is 0 Å². The van der Waals surface area contributed by atoms with Gasteiger partial charge in [-0.3, -0.25) is 4.79 Å². The SMILES string of the molecule is CCC1(C(=O)O)CCCN1C(=O)[C@H](CCSC)NC(=O)OCC1c2ccccc2-c2ccccc21. The maximum atomic E-state index is 13.4. The van der Waals surface area contributed by atoms with E-state index in [0.717, 1.165) is 22.3 Å². The van der Waals surface area contributed by atoms with E-state index in [9.17, 15) is 19.5 Å². The Morgan fingerprint density at radius 1 is 1.14 bits per heavy atom. The Hall–Kier alpha value is -3.00. The maximum absolute atomic E-state index is 13.4. The number of nitrogens with one attached hydrogen (secondary N) is 1. The third-order valence-corrected chi connectivity index (χ3v) is 7.93. The molecule has 1 saturated heterocycles. The van der Waals surface area contributed by atoms with E-state index in [1.165, 1.54) is 4.90 Å². The van der Waals surface area contributed by atoms with Crippen LogP contribution >= 0.6 is 11.8 Å². The first-order valence-corrected chi connectivity index (χ1v) is 13.5. The minimum absolute atomic E-state index is 0.0770. The molecular weight excluding hydrogens is 464 g/mol. The van der Waals surface area contributed by atoms with Gasteiger partial charge in [0.1, 0.15) is 18.2 Å². The molecule has 0 aromatic heterocycles. The molecule has 35 heavy (non-hydrogen) atoms. The number of carboxylic acid groups (broad SMARTS) is 1. The molecule has 1 heterocycles. The molecule has 4 rings (SSSR count). The number of rotatable bonds is 9. The van der Waals surface area contributed by atoms with Crippen molar-refractivity contribution in [3.63, 3.8) is 0 Å². The zero-order chi connectivity index (χ0) is 25.0. The molecule has 0 bridgehead atoms. The smallest absolute Gasteiger partial charge is 0.407 e. The number of thioether (sulfide) groups is 1. The lowest BCUT2D eigenvalue weighted by Crippen LogP contribution is -2.58. The summed E-state index contributed by atoms with van der Waals surface area (Å²) in [5, 5.41) is 12.6. The molecule has 2 atom stereocenters. The fourth-order valence-electron chi connectivity index (χ4n) is 5.40. The van der Waals surface area contributed by atoms with Gasteiger partial charge in [0, 0.05) is 12.5 Å². The summed E-state index contributed by atoms with van der Waals surface area (Å²) in [6, 6.07) is 15.4. The van der Waals surface area contributed by atoms with Crippen LogP contribution in [0.25, 0.3) is 11.1 Å². The summed E-state index contributed by atoms with van der Waals surface area (Å²) in [7, 11) is 0. The Morgan fingerprint density at radius 2 is 1.77 bits per heavy atom. The molecular formula is C27H32N2O5S. The number of amides is 2. The van der Waals surface area contributed by atoms with E-state index in [4.69, 9.17) is 4.74 Å². The molecule has 0 spiro atoms. The predicted molar refractivity (Wildman–Crippen MR) is 137 cm³/mol. The van der Waals surface area contributed by atoms with E-state index in [1.807, 2.05) is 30.5 Å². The van der Waals surface area contributed by atoms with Crippen LogP contribution in [-0.4, -0.2) is 64.7 Å². The van der Waals surface area contributed by atoms with Gasteiger partial charge in [-0.15, -0.1) is 0 Å². The van der Waals surface area contributed by atoms with Crippen molar-refractivity contribution in [3.8, 4) is 11.1 Å². The van der Waals surface area contributed by atoms with Gasteiger partial charge in [0.05, 0.1) is 0 Å². The first-order chi connectivity index (χ1) is 16.9. The van der Waals surface area contributed by atoms with Crippen molar-refractivity contribution in [2.45, 2.75) is 50.1 Å². The summed E-state index contributed by atoms with van der Waals surface area (Å²) in [4.78, 5) is 39.8. The number of fused-ring (bicyclic) bond motifs is 3. The van der Waals surface area contributed by atoms with Crippen LogP contribution in [0.2, 0.25) is 0 Å². The van der Waals surface area contributed by atoms with Crippen molar-refractivity contribution < 1.29 is 24.2 Å². The third kappa shape index (κ3) is 4.76. The average Bonchev–Trinajstić information content (AvgIpc) is 3.45. The molecule has 2 amide bonds. The molecule has 1 aliphatic carbocycles. The van der Waals surface area contributed by atoms with Crippen LogP contribution < -0.4 is 5.32 Å². The lowest BCUT2D eigenvalue weighted by atomic mass is 9.92. The van der Waals surface area contributed by atoms with Crippen LogP contribution in [-0.2, 0) is 14.3 Å². The highest BCUT2D eigenvalue weighted by Gasteiger charge is 2.50. The van der Waals surface area contributed by atoms with Crippen molar-refractivity contribution in [2.75, 3.05) is 25.2 Å². The van der Waals surface area contributed by atoms with E-state index >= 15 is 0 Å². The molecule has 7 nitrogen and oxygen atoms in total. The van der Waals surface area contributed by atoms with E-state index in [-0.39, 0.29) is 18.4 Å². The van der Waals surface area contributed by atoms with Gasteiger partial charge < -0.3 is 20.1 Å². The topological polar surface area (TPSA) is 95.9 Å². The number of hydrogen-bond acceptors (Lipinski definition) is 5. The average molecular weight is 497 g/mol. The summed E-state index contributed by atoms with van der Waals surface area (Å²) in [5.41, 5.74) is 3.30. The fourth-order valence-corrected chi connectivity index (χ4v) is 5.88. The summed E-state index contributed by atoms with van der Waals surface area (Å²) < 4.78 is 5.64. The standard InChI is InChI=1S/C27H32N2O5S/c1-3-27(25(31)32)14-8-15-29(27)24(30)23(13-16-35-2)28-26(33)34-17-22-20-11-6-4-9-18(20)19-10-5-7-12-21(19)22/h4-7,9-12,22-23H,3,8,13-17H2,1-2H3,(H,28,33)(H,31,32)/t23-,27?/m0/s1. The molecule has 2 aliphatic rings. The number of carbonyl (C=O) groups is 3. The van der Waals surface area contributed by atoms with E-state index in [0.29, 0.717) is 38.0 Å². The highest BCUT2D eigenvalue weighted by molar-refractivity contribution is 7.98. The van der Waals surface area contributed by atoms with Crippen LogP contribution in [0.4, 0.5) is 4.79 Å². The molecule has 2 aromatic rings. The number of benzene rings is 2. The van der Waals surface area contributed by atoms with Crippen LogP contribution in [0.5, 0.6) is 0 Å². The predicted octanol–water partition coefficient (Wildman–Crippen LogP) is 4.50. The van der Waals surface area contributed by atoms with Gasteiger partial charge in [0.15, 0.2) is 0 Å². The molecule has 8 heteroatoms. The number of carboxylic acids is 1. The van der Waals surface area contributed by atoms with E-state index in [1.54, 1.807) is 18.7 Å². The van der Waals surface area contributed by atoms with Crippen LogP contribution in [0, 0.1) is 0 Å². The van der Waals surface area contributed by atoms with Gasteiger partial charge in [-0.1, -0.05) is 55.5 Å². The molecule has 2 N–H and O–H groups in total. The number of hydrogen-bond donors (Lipinski definition) is 2. The van der Waals surface area contributed by atoms with Gasteiger partial charge in [-0.25, -0.2) is 9.59 Å². The monoisotopic (exact) mass is 496 g/mol. The molecule has 0 radical (unpaired) electrons. The zero-order valence-electron chi connectivity index (χ0n) is 20.2. The van der Waals surface area contributed by atoms with Crippen LogP contribution in [0.1, 0.15) is 49.7 Å². The minimum Gasteiger partial charge on any atom is -0.479 e. The minimum atomic E-state index is -1.21. The fraction of sp³-hybridized carbons (Fsp3) is 0.444. The normalized spacial score (nSPS) is 19.7. The summed E-state index contributed by atoms with van der Waals surface area (Å²) >= 11 is 1.57. The summed E-state index contributed by atoms with van der Waals surface area (Å²) in [6.07, 6.45) is 3.05. The Kier molecular flexibility index (Phi) is 7.69. The highest BCUT2D eigenvalue weighted by atomic mass is 32.2. The maximum Gasteiger partial charge on any atom is 0.407 e. The Morgan fingerprint density at radius 3 is 2.34 bits per heavy atom. The second-order valence-electron chi connectivity index (χ2n) is 9.09. The Bertz CT molecular complexity index is 1060. The van der Waals surface area contributed by atoms with Crippen LogP contribution in [0.15, 0.2) is 48.5 Å². The van der Waals surface area contributed by atoms with Gasteiger partial charge in [-0.05, 0) is 59.9 Å². The van der Waals surface area contributed by atoms with Crippen molar-refractivity contribution in [2.24, 2.45) is 0 Å². The summed E-state index contributed by atoms with van der Waals surface area (Å²) in [6.45, 7) is 2.32. The Balaban J connectivity index is 1.46. The van der Waals surface area contributed by atoms with Gasteiger partial charge in [-0.2, -0.15) is 11.8 Å². The number of nitrogens with zero attached hydrogens (tertiary/aromatic N) is 1. The first-order valence-electron chi connectivity index (χ1n) is 12.1. The largest absolute Gasteiger partial charge is 0.479 e. The highest BCUT2D eigenvalue weighted by Crippen LogP contribution is 2.44. The first kappa shape index (κ1) is 25.1. The number of likely N-dealkylation sites (tertiary alicyclic amines) is 1. The number of alkyl carbamates (subject to hydrolysis) is 1. The van der Waals surface area contributed by atoms with Gasteiger partial charge in [0.25, 0.3) is 0 Å². The molecule has 186 valence electrons. The molecule has 1 aliphatic heterocycles. The lowest BCUT2D eigenvalue weighted by molar-refractivity contribution is -0.157. The van der Waals surface area contributed by atoms with Crippen molar-refractivity contribution in [3.05, 3.63) is 59.7 Å². The Labute approximate surface area is 210 Å². The van der Waals surface area contributed by atoms with E-state index < -0.39 is 23.6 Å². The molecule has 1 fully saturated rings. The van der Waals surface area contributed by atoms with Crippen molar-refractivity contribution in [1.82, 2.24) is 10.2 Å². The molecule has 0 saturated carbocycles. The van der Waals surface area contributed by atoms with Crippen LogP contribution in [0.3, 0.4) is 0 Å². The number of aliphatic carboxylic acids is 1. The number of carbonyl (C=O) groups excluding carboxylic acids is 2. The van der Waals surface area contributed by atoms with Gasteiger partial charge >= 0.3 is 12.1 Å². The van der Waals surface area contributed by atoms with E-state index in [2.05, 4.69) is 29.6 Å². The summed E-state index contributed by atoms with van der Waals surface area (Å²) in [5.74, 6) is -0.767. The third-order valence-electron chi connectivity index (χ3n) is 7.28. The molecule has 1 unspecified atom stereocenters. The second-order valence-corrected chi connectivity index (χ2v) is 10.1.